The number of benzene rings is 2. The highest BCUT2D eigenvalue weighted by Gasteiger charge is 2.15. The van der Waals surface area contributed by atoms with Crippen molar-refractivity contribution in [3.05, 3.63) is 47.5 Å². The normalized spacial score (nSPS) is 10.2. The van der Waals surface area contributed by atoms with Crippen LogP contribution in [0.4, 0.5) is 22.7 Å². The number of nitrogens with two attached hydrogens (primary N) is 4. The predicted molar refractivity (Wildman–Crippen MR) is 74.0 cm³/mol. The third-order valence-corrected chi connectivity index (χ3v) is 2.64. The summed E-state index contributed by atoms with van der Waals surface area (Å²) < 4.78 is 0. The second-order valence-electron chi connectivity index (χ2n) is 4.02. The van der Waals surface area contributed by atoms with Crippen molar-refractivity contribution in [1.82, 2.24) is 0 Å². The minimum absolute atomic E-state index is 0.245. The first-order chi connectivity index (χ1) is 8.49. The van der Waals surface area contributed by atoms with Gasteiger partial charge in [-0.2, -0.15) is 0 Å². The van der Waals surface area contributed by atoms with Crippen LogP contribution in [0.3, 0.4) is 0 Å². The third-order valence-electron chi connectivity index (χ3n) is 2.64. The lowest BCUT2D eigenvalue weighted by molar-refractivity contribution is 0.104. The lowest BCUT2D eigenvalue weighted by Gasteiger charge is -2.08. The molecule has 0 spiro atoms. The van der Waals surface area contributed by atoms with E-state index in [1.165, 1.54) is 0 Å². The molecule has 0 aromatic heterocycles. The molecule has 0 bridgehead atoms. The molecule has 0 atom stereocenters. The van der Waals surface area contributed by atoms with Gasteiger partial charge < -0.3 is 22.9 Å². The summed E-state index contributed by atoms with van der Waals surface area (Å²) in [6.07, 6.45) is 0. The first-order valence-electron chi connectivity index (χ1n) is 5.33. The summed E-state index contributed by atoms with van der Waals surface area (Å²) in [7, 11) is 0. The fourth-order valence-electron chi connectivity index (χ4n) is 1.72. The van der Waals surface area contributed by atoms with E-state index in [1.54, 1.807) is 36.4 Å². The number of carbonyl (C=O) groups is 1. The molecule has 2 rings (SSSR count). The van der Waals surface area contributed by atoms with E-state index in [9.17, 15) is 4.79 Å². The molecule has 5 nitrogen and oxygen atoms in total. The van der Waals surface area contributed by atoms with Crippen LogP contribution in [-0.4, -0.2) is 5.78 Å². The van der Waals surface area contributed by atoms with E-state index in [1.807, 2.05) is 0 Å². The Balaban J connectivity index is 2.48. The highest BCUT2D eigenvalue weighted by Crippen LogP contribution is 2.23. The standard InChI is InChI=1S/C13H14N4O/c14-7-1-3-9(11(16)5-7)13(18)10-4-2-8(15)6-12(10)17/h1-6H,14-17H2. The Morgan fingerprint density at radius 3 is 1.44 bits per heavy atom. The van der Waals surface area contributed by atoms with Crippen LogP contribution in [0.5, 0.6) is 0 Å². The summed E-state index contributed by atoms with van der Waals surface area (Å²) in [5.41, 5.74) is 25.1. The van der Waals surface area contributed by atoms with Crippen LogP contribution in [0.2, 0.25) is 0 Å². The Morgan fingerprint density at radius 2 is 1.11 bits per heavy atom. The number of hydrogen-bond donors (Lipinski definition) is 4. The molecule has 0 fully saturated rings. The van der Waals surface area contributed by atoms with Crippen molar-refractivity contribution in [1.29, 1.82) is 0 Å². The molecule has 0 aliphatic carbocycles. The molecule has 0 aliphatic heterocycles. The quantitative estimate of drug-likeness (QED) is 0.466. The van der Waals surface area contributed by atoms with E-state index in [4.69, 9.17) is 22.9 Å². The Labute approximate surface area is 104 Å². The van der Waals surface area contributed by atoms with Crippen molar-refractivity contribution in [2.75, 3.05) is 22.9 Å². The van der Waals surface area contributed by atoms with Crippen molar-refractivity contribution >= 4 is 28.5 Å². The van der Waals surface area contributed by atoms with E-state index in [0.29, 0.717) is 33.9 Å². The van der Waals surface area contributed by atoms with Crippen LogP contribution < -0.4 is 22.9 Å². The fraction of sp³-hybridized carbons (Fsp3) is 0. The van der Waals surface area contributed by atoms with E-state index in [-0.39, 0.29) is 5.78 Å². The molecule has 92 valence electrons. The van der Waals surface area contributed by atoms with Gasteiger partial charge in [0.25, 0.3) is 0 Å². The van der Waals surface area contributed by atoms with Crippen molar-refractivity contribution in [2.45, 2.75) is 0 Å². The summed E-state index contributed by atoms with van der Waals surface area (Å²) in [6.45, 7) is 0. The first kappa shape index (κ1) is 11.8. The van der Waals surface area contributed by atoms with Gasteiger partial charge in [0.2, 0.25) is 0 Å². The summed E-state index contributed by atoms with van der Waals surface area (Å²) >= 11 is 0. The number of anilines is 4. The minimum atomic E-state index is -0.245. The smallest absolute Gasteiger partial charge is 0.197 e. The molecule has 5 heteroatoms. The molecular formula is C13H14N4O. The number of hydrogen-bond acceptors (Lipinski definition) is 5. The maximum atomic E-state index is 12.3. The molecule has 2 aromatic carbocycles. The molecule has 0 amide bonds. The average Bonchev–Trinajstić information content (AvgIpc) is 2.28. The van der Waals surface area contributed by atoms with Crippen LogP contribution in [0.1, 0.15) is 15.9 Å². The van der Waals surface area contributed by atoms with Gasteiger partial charge in [0.15, 0.2) is 5.78 Å². The van der Waals surface area contributed by atoms with E-state index in [0.717, 1.165) is 0 Å². The van der Waals surface area contributed by atoms with Gasteiger partial charge in [-0.3, -0.25) is 4.79 Å². The highest BCUT2D eigenvalue weighted by atomic mass is 16.1. The molecule has 2 aromatic rings. The summed E-state index contributed by atoms with van der Waals surface area (Å²) in [4.78, 5) is 12.3. The van der Waals surface area contributed by atoms with Crippen molar-refractivity contribution < 1.29 is 4.79 Å². The average molecular weight is 242 g/mol. The van der Waals surface area contributed by atoms with E-state index in [2.05, 4.69) is 0 Å². The molecule has 0 aliphatic rings. The number of carbonyl (C=O) groups excluding carboxylic acids is 1. The minimum Gasteiger partial charge on any atom is -0.399 e. The Hall–Kier alpha value is -2.69. The van der Waals surface area contributed by atoms with Crippen molar-refractivity contribution in [2.24, 2.45) is 0 Å². The van der Waals surface area contributed by atoms with Crippen LogP contribution >= 0.6 is 0 Å². The molecule has 0 heterocycles. The Kier molecular flexibility index (Phi) is 2.81. The second-order valence-corrected chi connectivity index (χ2v) is 4.02. The molecule has 0 radical (unpaired) electrons. The van der Waals surface area contributed by atoms with Gasteiger partial charge in [-0.25, -0.2) is 0 Å². The highest BCUT2D eigenvalue weighted by molar-refractivity contribution is 6.15. The predicted octanol–water partition coefficient (Wildman–Crippen LogP) is 1.25. The molecule has 0 unspecified atom stereocenters. The van der Waals surface area contributed by atoms with Crippen LogP contribution in [0.15, 0.2) is 36.4 Å². The number of rotatable bonds is 2. The summed E-state index contributed by atoms with van der Waals surface area (Å²) in [5, 5.41) is 0. The van der Waals surface area contributed by atoms with Gasteiger partial charge in [-0.15, -0.1) is 0 Å². The first-order valence-corrected chi connectivity index (χ1v) is 5.33. The molecule has 0 saturated carbocycles. The topological polar surface area (TPSA) is 121 Å². The van der Waals surface area contributed by atoms with Crippen LogP contribution in [-0.2, 0) is 0 Å². The van der Waals surface area contributed by atoms with E-state index >= 15 is 0 Å². The SMILES string of the molecule is Nc1ccc(C(=O)c2ccc(N)cc2N)c(N)c1. The maximum absolute atomic E-state index is 12.3. The fourth-order valence-corrected chi connectivity index (χ4v) is 1.72. The van der Waals surface area contributed by atoms with Gasteiger partial charge in [0, 0.05) is 33.9 Å². The zero-order valence-electron chi connectivity index (χ0n) is 9.68. The molecule has 18 heavy (non-hydrogen) atoms. The van der Waals surface area contributed by atoms with E-state index < -0.39 is 0 Å². The van der Waals surface area contributed by atoms with Gasteiger partial charge in [0.1, 0.15) is 0 Å². The molecular weight excluding hydrogens is 228 g/mol. The van der Waals surface area contributed by atoms with Crippen LogP contribution in [0.25, 0.3) is 0 Å². The lowest BCUT2D eigenvalue weighted by Crippen LogP contribution is -2.09. The maximum Gasteiger partial charge on any atom is 0.197 e. The van der Waals surface area contributed by atoms with Crippen LogP contribution in [0, 0.1) is 0 Å². The zero-order valence-corrected chi connectivity index (χ0v) is 9.68. The second kappa shape index (κ2) is 4.29. The summed E-state index contributed by atoms with van der Waals surface area (Å²) in [6, 6.07) is 9.50. The number of nitrogen functional groups attached to an aromatic ring is 4. The number of ketones is 1. The van der Waals surface area contributed by atoms with Gasteiger partial charge in [0.05, 0.1) is 0 Å². The Morgan fingerprint density at radius 1 is 0.722 bits per heavy atom. The summed E-state index contributed by atoms with van der Waals surface area (Å²) in [5.74, 6) is -0.245. The van der Waals surface area contributed by atoms with Gasteiger partial charge >= 0.3 is 0 Å². The lowest BCUT2D eigenvalue weighted by atomic mass is 9.99. The van der Waals surface area contributed by atoms with Crippen molar-refractivity contribution in [3.63, 3.8) is 0 Å². The monoisotopic (exact) mass is 242 g/mol. The zero-order chi connectivity index (χ0) is 13.3. The molecule has 8 N–H and O–H groups in total. The largest absolute Gasteiger partial charge is 0.399 e. The van der Waals surface area contributed by atoms with Gasteiger partial charge in [-0.1, -0.05) is 0 Å². The Bertz CT molecular complexity index is 569. The van der Waals surface area contributed by atoms with Crippen molar-refractivity contribution in [3.8, 4) is 0 Å². The third kappa shape index (κ3) is 2.06. The van der Waals surface area contributed by atoms with Gasteiger partial charge in [-0.05, 0) is 36.4 Å². The molecule has 0 saturated heterocycles.